The van der Waals surface area contributed by atoms with Gasteiger partial charge in [0.1, 0.15) is 24.1 Å². The molecule has 1 saturated heterocycles. The van der Waals surface area contributed by atoms with Gasteiger partial charge in [0.05, 0.1) is 12.9 Å². The van der Waals surface area contributed by atoms with Crippen LogP contribution in [0.1, 0.15) is 6.23 Å². The van der Waals surface area contributed by atoms with Crippen molar-refractivity contribution in [3.63, 3.8) is 0 Å². The molecule has 25 heavy (non-hydrogen) atoms. The Kier molecular flexibility index (Phi) is 3.81. The quantitative estimate of drug-likeness (QED) is 0.462. The monoisotopic (exact) mass is 345 g/mol. The molecule has 130 valence electrons. The van der Waals surface area contributed by atoms with Crippen LogP contribution >= 0.6 is 0 Å². The van der Waals surface area contributed by atoms with Gasteiger partial charge < -0.3 is 25.0 Å². The molecule has 4 unspecified atom stereocenters. The lowest BCUT2D eigenvalue weighted by Gasteiger charge is -2.19. The van der Waals surface area contributed by atoms with Crippen molar-refractivity contribution in [2.75, 3.05) is 6.61 Å². The molecule has 10 nitrogen and oxygen atoms in total. The second kappa shape index (κ2) is 6.01. The molecular weight excluding hydrogens is 330 g/mol. The largest absolute Gasteiger partial charge is 0.394 e. The highest BCUT2D eigenvalue weighted by molar-refractivity contribution is 5.76. The lowest BCUT2D eigenvalue weighted by Crippen LogP contribution is -2.33. The summed E-state index contributed by atoms with van der Waals surface area (Å²) in [6, 6.07) is 3.38. The fourth-order valence-corrected chi connectivity index (χ4v) is 2.96. The molecular formula is C15H15N5O5. The first-order valence-corrected chi connectivity index (χ1v) is 7.60. The van der Waals surface area contributed by atoms with Gasteiger partial charge in [-0.15, -0.1) is 0 Å². The molecule has 10 heteroatoms. The third-order valence-electron chi connectivity index (χ3n) is 4.19. The Hall–Kier alpha value is -2.66. The number of hydrogen-bond acceptors (Lipinski definition) is 8. The van der Waals surface area contributed by atoms with E-state index in [1.807, 2.05) is 0 Å². The zero-order valence-corrected chi connectivity index (χ0v) is 12.9. The van der Waals surface area contributed by atoms with Gasteiger partial charge in [-0.05, 0) is 12.1 Å². The molecule has 4 atom stereocenters. The van der Waals surface area contributed by atoms with E-state index in [9.17, 15) is 20.1 Å². The third-order valence-corrected chi connectivity index (χ3v) is 4.19. The number of rotatable bonds is 3. The smallest absolute Gasteiger partial charge is 0.278 e. The molecule has 0 amide bonds. The highest BCUT2D eigenvalue weighted by Gasteiger charge is 2.45. The fraction of sp³-hybridized carbons (Fsp3) is 0.333. The first kappa shape index (κ1) is 15.8. The second-order valence-corrected chi connectivity index (χ2v) is 5.67. The minimum atomic E-state index is -1.32. The summed E-state index contributed by atoms with van der Waals surface area (Å²) in [4.78, 5) is 26.9. The van der Waals surface area contributed by atoms with Crippen molar-refractivity contribution in [3.8, 4) is 11.4 Å². The molecule has 0 aromatic carbocycles. The maximum atomic E-state index is 12.1. The van der Waals surface area contributed by atoms with E-state index >= 15 is 0 Å². The summed E-state index contributed by atoms with van der Waals surface area (Å²) < 4.78 is 7.04. The zero-order chi connectivity index (χ0) is 17.6. The SMILES string of the molecule is O=c1[nH]cnc2c1nc(-c1ccncc1)n2C1OC(CO)C(O)C1O. The van der Waals surface area contributed by atoms with E-state index in [1.54, 1.807) is 24.5 Å². The lowest BCUT2D eigenvalue weighted by atomic mass is 10.1. The van der Waals surface area contributed by atoms with E-state index in [4.69, 9.17) is 4.74 Å². The number of aliphatic hydroxyl groups is 3. The van der Waals surface area contributed by atoms with Gasteiger partial charge in [-0.1, -0.05) is 0 Å². The Balaban J connectivity index is 1.96. The van der Waals surface area contributed by atoms with Gasteiger partial charge in [-0.25, -0.2) is 9.97 Å². The third kappa shape index (κ3) is 2.43. The maximum Gasteiger partial charge on any atom is 0.278 e. The van der Waals surface area contributed by atoms with E-state index in [1.165, 1.54) is 10.9 Å². The molecule has 3 aromatic rings. The summed E-state index contributed by atoms with van der Waals surface area (Å²) in [6.07, 6.45) is -0.266. The molecule has 1 aliphatic heterocycles. The van der Waals surface area contributed by atoms with E-state index < -0.39 is 36.7 Å². The summed E-state index contributed by atoms with van der Waals surface area (Å²) in [5, 5.41) is 29.7. The highest BCUT2D eigenvalue weighted by atomic mass is 16.6. The molecule has 1 aliphatic rings. The van der Waals surface area contributed by atoms with Crippen molar-refractivity contribution >= 4 is 11.2 Å². The molecule has 0 bridgehead atoms. The Morgan fingerprint density at radius 3 is 2.68 bits per heavy atom. The van der Waals surface area contributed by atoms with Crippen LogP contribution in [0, 0.1) is 0 Å². The van der Waals surface area contributed by atoms with Crippen LogP contribution in [0.2, 0.25) is 0 Å². The fourth-order valence-electron chi connectivity index (χ4n) is 2.96. The van der Waals surface area contributed by atoms with Crippen LogP contribution in [0.25, 0.3) is 22.6 Å². The van der Waals surface area contributed by atoms with Crippen molar-refractivity contribution in [2.45, 2.75) is 24.5 Å². The van der Waals surface area contributed by atoms with Crippen LogP contribution < -0.4 is 5.56 Å². The molecule has 0 aliphatic carbocycles. The summed E-state index contributed by atoms with van der Waals surface area (Å²) >= 11 is 0. The van der Waals surface area contributed by atoms with Gasteiger partial charge >= 0.3 is 0 Å². The van der Waals surface area contributed by atoms with Gasteiger partial charge in [0.25, 0.3) is 5.56 Å². The minimum absolute atomic E-state index is 0.0760. The van der Waals surface area contributed by atoms with Crippen molar-refractivity contribution < 1.29 is 20.1 Å². The summed E-state index contributed by atoms with van der Waals surface area (Å²) in [6.45, 7) is -0.458. The van der Waals surface area contributed by atoms with Crippen LogP contribution in [0.3, 0.4) is 0 Å². The average molecular weight is 345 g/mol. The van der Waals surface area contributed by atoms with E-state index in [2.05, 4.69) is 19.9 Å². The number of pyridine rings is 1. The summed E-state index contributed by atoms with van der Waals surface area (Å²) in [5.41, 5.74) is 0.466. The highest BCUT2D eigenvalue weighted by Crippen LogP contribution is 2.34. The summed E-state index contributed by atoms with van der Waals surface area (Å²) in [7, 11) is 0. The van der Waals surface area contributed by atoms with Crippen LogP contribution in [-0.2, 0) is 4.74 Å². The molecule has 3 aromatic heterocycles. The lowest BCUT2D eigenvalue weighted by molar-refractivity contribution is -0.0503. The number of aromatic nitrogens is 5. The molecule has 4 heterocycles. The number of fused-ring (bicyclic) bond motifs is 1. The van der Waals surface area contributed by atoms with Crippen LogP contribution in [0.15, 0.2) is 35.6 Å². The predicted octanol–water partition coefficient (Wildman–Crippen LogP) is -1.21. The molecule has 0 radical (unpaired) electrons. The van der Waals surface area contributed by atoms with Gasteiger partial charge in [0.15, 0.2) is 17.4 Å². The number of nitrogens with one attached hydrogen (secondary N) is 1. The van der Waals surface area contributed by atoms with E-state index in [0.29, 0.717) is 11.4 Å². The van der Waals surface area contributed by atoms with Gasteiger partial charge in [0.2, 0.25) is 0 Å². The Labute approximate surface area is 140 Å². The van der Waals surface area contributed by atoms with Gasteiger partial charge in [-0.2, -0.15) is 0 Å². The second-order valence-electron chi connectivity index (χ2n) is 5.67. The standard InChI is InChI=1S/C15H15N5O5/c21-5-8-10(22)11(23)15(25-8)20-12(7-1-3-16-4-2-7)19-9-13(20)17-6-18-14(9)24/h1-4,6,8,10-11,15,21-23H,5H2,(H,17,18,24). The van der Waals surface area contributed by atoms with Gasteiger partial charge in [-0.3, -0.25) is 14.3 Å². The van der Waals surface area contributed by atoms with Crippen molar-refractivity contribution in [1.82, 2.24) is 24.5 Å². The molecule has 1 fully saturated rings. The van der Waals surface area contributed by atoms with Crippen LogP contribution in [-0.4, -0.2) is 64.7 Å². The van der Waals surface area contributed by atoms with Crippen molar-refractivity contribution in [1.29, 1.82) is 0 Å². The van der Waals surface area contributed by atoms with Crippen LogP contribution in [0.4, 0.5) is 0 Å². The molecule has 0 saturated carbocycles. The first-order chi connectivity index (χ1) is 12.1. The molecule has 4 rings (SSSR count). The summed E-state index contributed by atoms with van der Waals surface area (Å²) in [5.74, 6) is 0.330. The predicted molar refractivity (Wildman–Crippen MR) is 84.4 cm³/mol. The van der Waals surface area contributed by atoms with Crippen LogP contribution in [0.5, 0.6) is 0 Å². The molecule has 0 spiro atoms. The number of H-pyrrole nitrogens is 1. The van der Waals surface area contributed by atoms with Crippen molar-refractivity contribution in [3.05, 3.63) is 41.2 Å². The number of imidazole rings is 1. The number of ether oxygens (including phenoxy) is 1. The zero-order valence-electron chi connectivity index (χ0n) is 12.9. The Morgan fingerprint density at radius 2 is 2.00 bits per heavy atom. The average Bonchev–Trinajstić information content (AvgIpc) is 3.15. The maximum absolute atomic E-state index is 12.1. The number of nitrogens with zero attached hydrogens (tertiary/aromatic N) is 4. The van der Waals surface area contributed by atoms with Crippen molar-refractivity contribution in [2.24, 2.45) is 0 Å². The van der Waals surface area contributed by atoms with E-state index in [-0.39, 0.29) is 11.2 Å². The minimum Gasteiger partial charge on any atom is -0.394 e. The van der Waals surface area contributed by atoms with Gasteiger partial charge in [0, 0.05) is 18.0 Å². The first-order valence-electron chi connectivity index (χ1n) is 7.60. The number of aliphatic hydroxyl groups excluding tert-OH is 3. The molecule has 4 N–H and O–H groups in total. The number of aromatic amines is 1. The topological polar surface area (TPSA) is 146 Å². The normalized spacial score (nSPS) is 26.4. The Bertz CT molecular complexity index is 956. The number of hydrogen-bond donors (Lipinski definition) is 4. The Morgan fingerprint density at radius 1 is 1.24 bits per heavy atom. The van der Waals surface area contributed by atoms with E-state index in [0.717, 1.165) is 0 Å².